The Bertz CT molecular complexity index is 1010. The van der Waals surface area contributed by atoms with Crippen LogP contribution >= 0.6 is 11.3 Å². The van der Waals surface area contributed by atoms with Crippen LogP contribution in [0.15, 0.2) is 46.2 Å². The highest BCUT2D eigenvalue weighted by atomic mass is 32.1. The van der Waals surface area contributed by atoms with Crippen molar-refractivity contribution in [2.24, 2.45) is 0 Å². The van der Waals surface area contributed by atoms with E-state index in [1.165, 1.54) is 7.11 Å². The molecular weight excluding hydrogens is 412 g/mol. The number of nitrogens with zero attached hydrogens (tertiary/aromatic N) is 2. The van der Waals surface area contributed by atoms with Crippen molar-refractivity contribution in [3.63, 3.8) is 0 Å². The fourth-order valence-corrected chi connectivity index (χ4v) is 4.72. The molecule has 1 aliphatic heterocycles. The summed E-state index contributed by atoms with van der Waals surface area (Å²) in [7, 11) is 1.46. The van der Waals surface area contributed by atoms with E-state index in [1.54, 1.807) is 11.3 Å². The maximum Gasteiger partial charge on any atom is 0.326 e. The molecule has 0 bridgehead atoms. The van der Waals surface area contributed by atoms with Gasteiger partial charge in [0.1, 0.15) is 17.0 Å². The fraction of sp³-hybridized carbons (Fsp3) is 0.417. The van der Waals surface area contributed by atoms with E-state index in [4.69, 9.17) is 13.9 Å². The average molecular weight is 441 g/mol. The van der Waals surface area contributed by atoms with Gasteiger partial charge in [-0.3, -0.25) is 9.69 Å². The molecule has 0 aliphatic carbocycles. The van der Waals surface area contributed by atoms with Gasteiger partial charge in [0.25, 0.3) is 0 Å². The van der Waals surface area contributed by atoms with Crippen LogP contribution < -0.4 is 4.74 Å². The molecule has 4 rings (SSSR count). The molecule has 0 radical (unpaired) electrons. The maximum absolute atomic E-state index is 12.2. The lowest BCUT2D eigenvalue weighted by Crippen LogP contribution is -2.48. The first-order valence-corrected chi connectivity index (χ1v) is 11.4. The standard InChI is InChI=1S/C24H28N2O4S/c1-17-20(25-22(30-17)21-6-4-15-31-21)11-14-29-19-9-7-18(8-10-19)16-26-13-5-12-24(26,2)23(27)28-3/h4,6-10,15H,5,11-14,16H2,1-3H3. The lowest BCUT2D eigenvalue weighted by atomic mass is 9.98. The van der Waals surface area contributed by atoms with E-state index in [0.29, 0.717) is 18.9 Å². The SMILES string of the molecule is COC(=O)C1(C)CCCN1Cc1ccc(OCCc2nc(-c3cccs3)oc2C)cc1. The third kappa shape index (κ3) is 4.67. The Morgan fingerprint density at radius 3 is 2.81 bits per heavy atom. The predicted octanol–water partition coefficient (Wildman–Crippen LogP) is 4.86. The first kappa shape index (κ1) is 21.6. The Morgan fingerprint density at radius 2 is 2.10 bits per heavy atom. The second-order valence-electron chi connectivity index (χ2n) is 8.03. The van der Waals surface area contributed by atoms with E-state index < -0.39 is 5.54 Å². The summed E-state index contributed by atoms with van der Waals surface area (Å²) in [6.45, 7) is 6.06. The Labute approximate surface area is 186 Å². The minimum atomic E-state index is -0.540. The third-order valence-corrected chi connectivity index (χ3v) is 6.80. The van der Waals surface area contributed by atoms with Crippen molar-refractivity contribution in [3.8, 4) is 16.5 Å². The summed E-state index contributed by atoms with van der Waals surface area (Å²) in [4.78, 5) is 20.1. The molecule has 0 saturated carbocycles. The number of methoxy groups -OCH3 is 1. The molecule has 0 spiro atoms. The number of oxazole rings is 1. The van der Waals surface area contributed by atoms with E-state index in [9.17, 15) is 4.79 Å². The van der Waals surface area contributed by atoms with Gasteiger partial charge in [-0.05, 0) is 62.4 Å². The van der Waals surface area contributed by atoms with E-state index in [1.807, 2.05) is 43.5 Å². The van der Waals surface area contributed by atoms with Crippen molar-refractivity contribution in [1.82, 2.24) is 9.88 Å². The molecule has 0 amide bonds. The molecular formula is C24H28N2O4S. The molecule has 2 aromatic heterocycles. The Kier molecular flexibility index (Phi) is 6.43. The predicted molar refractivity (Wildman–Crippen MR) is 120 cm³/mol. The molecule has 7 heteroatoms. The minimum Gasteiger partial charge on any atom is -0.493 e. The topological polar surface area (TPSA) is 64.8 Å². The van der Waals surface area contributed by atoms with Gasteiger partial charge in [-0.1, -0.05) is 18.2 Å². The highest BCUT2D eigenvalue weighted by molar-refractivity contribution is 7.13. The van der Waals surface area contributed by atoms with Gasteiger partial charge in [0.15, 0.2) is 0 Å². The number of likely N-dealkylation sites (tertiary alicyclic amines) is 1. The second-order valence-corrected chi connectivity index (χ2v) is 8.98. The fourth-order valence-electron chi connectivity index (χ4n) is 4.07. The van der Waals surface area contributed by atoms with Crippen LogP contribution in [-0.2, 0) is 22.5 Å². The van der Waals surface area contributed by atoms with Crippen LogP contribution in [-0.4, -0.2) is 41.7 Å². The van der Waals surface area contributed by atoms with E-state index in [2.05, 4.69) is 22.0 Å². The number of benzene rings is 1. The number of aromatic nitrogens is 1. The minimum absolute atomic E-state index is 0.157. The summed E-state index contributed by atoms with van der Waals surface area (Å²) in [5.41, 5.74) is 1.54. The van der Waals surface area contributed by atoms with Crippen LogP contribution in [0.4, 0.5) is 0 Å². The van der Waals surface area contributed by atoms with Gasteiger partial charge >= 0.3 is 5.97 Å². The largest absolute Gasteiger partial charge is 0.493 e. The summed E-state index contributed by atoms with van der Waals surface area (Å²) in [5.74, 6) is 2.17. The molecule has 0 N–H and O–H groups in total. The van der Waals surface area contributed by atoms with Crippen LogP contribution in [0.3, 0.4) is 0 Å². The normalized spacial score (nSPS) is 18.9. The molecule has 3 aromatic rings. The number of hydrogen-bond donors (Lipinski definition) is 0. The molecule has 1 aliphatic rings. The van der Waals surface area contributed by atoms with Crippen molar-refractivity contribution in [2.75, 3.05) is 20.3 Å². The van der Waals surface area contributed by atoms with Gasteiger partial charge in [-0.25, -0.2) is 4.98 Å². The molecule has 164 valence electrons. The van der Waals surface area contributed by atoms with Crippen molar-refractivity contribution in [3.05, 3.63) is 58.8 Å². The van der Waals surface area contributed by atoms with E-state index >= 15 is 0 Å². The van der Waals surface area contributed by atoms with Gasteiger partial charge < -0.3 is 13.9 Å². The number of rotatable bonds is 8. The zero-order valence-electron chi connectivity index (χ0n) is 18.2. The van der Waals surface area contributed by atoms with Gasteiger partial charge in [0.2, 0.25) is 5.89 Å². The van der Waals surface area contributed by atoms with Gasteiger partial charge in [-0.15, -0.1) is 11.3 Å². The molecule has 3 heterocycles. The van der Waals surface area contributed by atoms with Gasteiger partial charge in [0, 0.05) is 13.0 Å². The smallest absolute Gasteiger partial charge is 0.326 e. The number of thiophene rings is 1. The molecule has 1 aromatic carbocycles. The van der Waals surface area contributed by atoms with Gasteiger partial charge in [-0.2, -0.15) is 0 Å². The van der Waals surface area contributed by atoms with Crippen LogP contribution in [0.1, 0.15) is 36.8 Å². The lowest BCUT2D eigenvalue weighted by Gasteiger charge is -2.32. The molecule has 1 atom stereocenters. The number of esters is 1. The quantitative estimate of drug-likeness (QED) is 0.466. The van der Waals surface area contributed by atoms with Crippen LogP contribution in [0.5, 0.6) is 5.75 Å². The maximum atomic E-state index is 12.2. The zero-order chi connectivity index (χ0) is 21.8. The molecule has 31 heavy (non-hydrogen) atoms. The summed E-state index contributed by atoms with van der Waals surface area (Å²) >= 11 is 1.62. The zero-order valence-corrected chi connectivity index (χ0v) is 19.0. The Hall–Kier alpha value is -2.64. The number of aryl methyl sites for hydroxylation is 1. The highest BCUT2D eigenvalue weighted by Crippen LogP contribution is 2.32. The summed E-state index contributed by atoms with van der Waals surface area (Å²) in [6.07, 6.45) is 2.52. The van der Waals surface area contributed by atoms with E-state index in [0.717, 1.165) is 53.6 Å². The summed E-state index contributed by atoms with van der Waals surface area (Å²) < 4.78 is 16.7. The van der Waals surface area contributed by atoms with Crippen LogP contribution in [0, 0.1) is 6.92 Å². The number of carbonyl (C=O) groups excluding carboxylic acids is 1. The first-order chi connectivity index (χ1) is 15.0. The van der Waals surface area contributed by atoms with Crippen LogP contribution in [0.25, 0.3) is 10.8 Å². The lowest BCUT2D eigenvalue weighted by molar-refractivity contribution is -0.152. The average Bonchev–Trinajstić information content (AvgIpc) is 3.51. The molecule has 1 saturated heterocycles. The van der Waals surface area contributed by atoms with Crippen molar-refractivity contribution < 1.29 is 18.7 Å². The monoisotopic (exact) mass is 440 g/mol. The van der Waals surface area contributed by atoms with Crippen molar-refractivity contribution in [1.29, 1.82) is 0 Å². The van der Waals surface area contributed by atoms with Crippen molar-refractivity contribution >= 4 is 17.3 Å². The van der Waals surface area contributed by atoms with Gasteiger partial charge in [0.05, 0.1) is 24.3 Å². The summed E-state index contributed by atoms with van der Waals surface area (Å²) in [6, 6.07) is 12.1. The Morgan fingerprint density at radius 1 is 1.29 bits per heavy atom. The molecule has 6 nitrogen and oxygen atoms in total. The molecule has 1 unspecified atom stereocenters. The van der Waals surface area contributed by atoms with Crippen molar-refractivity contribution in [2.45, 2.75) is 45.2 Å². The van der Waals surface area contributed by atoms with Crippen LogP contribution in [0.2, 0.25) is 0 Å². The number of carbonyl (C=O) groups is 1. The molecule has 1 fully saturated rings. The third-order valence-electron chi connectivity index (χ3n) is 5.94. The Balaban J connectivity index is 1.31. The highest BCUT2D eigenvalue weighted by Gasteiger charge is 2.43. The first-order valence-electron chi connectivity index (χ1n) is 10.5. The second kappa shape index (κ2) is 9.24. The van der Waals surface area contributed by atoms with E-state index in [-0.39, 0.29) is 5.97 Å². The number of hydrogen-bond acceptors (Lipinski definition) is 7. The number of ether oxygens (including phenoxy) is 2. The summed E-state index contributed by atoms with van der Waals surface area (Å²) in [5, 5.41) is 2.01.